The van der Waals surface area contributed by atoms with Crippen molar-refractivity contribution in [3.63, 3.8) is 0 Å². The number of carbonyl (C=O) groups excluding carboxylic acids is 5. The Hall–Kier alpha value is -4.40. The van der Waals surface area contributed by atoms with Crippen molar-refractivity contribution >= 4 is 29.5 Å². The summed E-state index contributed by atoms with van der Waals surface area (Å²) in [6.45, 7) is 14.7. The Morgan fingerprint density at radius 3 is 2.28 bits per heavy atom. The van der Waals surface area contributed by atoms with E-state index in [1.807, 2.05) is 19.1 Å². The van der Waals surface area contributed by atoms with Crippen LogP contribution in [0, 0.1) is 35.0 Å². The first-order valence-electron chi connectivity index (χ1n) is 16.1. The molecule has 1 heterocycles. The Kier molecular flexibility index (Phi) is 9.40. The molecule has 9 nitrogen and oxygen atoms in total. The molecule has 1 aromatic carbocycles. The van der Waals surface area contributed by atoms with Gasteiger partial charge in [-0.25, -0.2) is 4.79 Å². The third-order valence-corrected chi connectivity index (χ3v) is 10.5. The van der Waals surface area contributed by atoms with E-state index in [-0.39, 0.29) is 52.9 Å². The maximum Gasteiger partial charge on any atom is 0.340 e. The van der Waals surface area contributed by atoms with Gasteiger partial charge in [0.1, 0.15) is 12.2 Å². The van der Waals surface area contributed by atoms with Crippen LogP contribution in [0.15, 0.2) is 78.7 Å². The summed E-state index contributed by atoms with van der Waals surface area (Å²) in [7, 11) is 0. The lowest BCUT2D eigenvalue weighted by Gasteiger charge is -2.41. The van der Waals surface area contributed by atoms with Crippen LogP contribution in [0.2, 0.25) is 0 Å². The number of benzene rings is 1. The molecule has 0 bridgehead atoms. The van der Waals surface area contributed by atoms with E-state index in [2.05, 4.69) is 25.4 Å². The van der Waals surface area contributed by atoms with E-state index < -0.39 is 53.3 Å². The van der Waals surface area contributed by atoms with Gasteiger partial charge in [-0.1, -0.05) is 63.8 Å². The number of nitrogens with zero attached hydrogens (tertiary/aromatic N) is 1. The molecule has 47 heavy (non-hydrogen) atoms. The smallest absolute Gasteiger partial charge is 0.340 e. The van der Waals surface area contributed by atoms with Gasteiger partial charge in [0, 0.05) is 43.8 Å². The normalized spacial score (nSPS) is 31.3. The molecule has 0 amide bonds. The molecule has 5 rings (SSSR count). The third kappa shape index (κ3) is 6.58. The van der Waals surface area contributed by atoms with Crippen LogP contribution in [-0.2, 0) is 28.6 Å². The summed E-state index contributed by atoms with van der Waals surface area (Å²) in [6.07, 6.45) is 3.19. The van der Waals surface area contributed by atoms with E-state index in [1.54, 1.807) is 49.5 Å². The van der Waals surface area contributed by atoms with Crippen molar-refractivity contribution in [3.8, 4) is 0 Å². The molecule has 3 aliphatic carbocycles. The summed E-state index contributed by atoms with van der Waals surface area (Å²) in [6, 6.07) is 12.0. The quantitative estimate of drug-likeness (QED) is 0.152. The van der Waals surface area contributed by atoms with Gasteiger partial charge < -0.3 is 14.2 Å². The summed E-state index contributed by atoms with van der Waals surface area (Å²) in [5, 5.41) is 0. The van der Waals surface area contributed by atoms with Crippen LogP contribution < -0.4 is 0 Å². The lowest BCUT2D eigenvalue weighted by molar-refractivity contribution is -0.177. The SMILES string of the molecule is C=C1C(OC(=O)c2cccnc2)CC2C(C=C(C)C(=O)C3(OC(C)=O)CC(C)C(CC(=O)c4ccccc4)C3C1OC(C)=O)C2(C)C. The Bertz CT molecular complexity index is 1610. The second kappa shape index (κ2) is 13.0. The summed E-state index contributed by atoms with van der Waals surface area (Å²) >= 11 is 0. The van der Waals surface area contributed by atoms with Gasteiger partial charge in [0.15, 0.2) is 11.4 Å². The number of rotatable bonds is 7. The molecule has 0 N–H and O–H groups in total. The fraction of sp³-hybridized carbons (Fsp3) is 0.474. The highest BCUT2D eigenvalue weighted by Crippen LogP contribution is 2.63. The van der Waals surface area contributed by atoms with Crippen molar-refractivity contribution < 1.29 is 38.2 Å². The van der Waals surface area contributed by atoms with Crippen molar-refractivity contribution in [1.29, 1.82) is 0 Å². The van der Waals surface area contributed by atoms with Gasteiger partial charge in [0.25, 0.3) is 0 Å². The molecule has 2 fully saturated rings. The summed E-state index contributed by atoms with van der Waals surface area (Å²) in [5.74, 6) is -4.41. The molecular weight excluding hydrogens is 598 g/mol. The lowest BCUT2D eigenvalue weighted by atomic mass is 9.72. The first-order chi connectivity index (χ1) is 22.2. The molecular formula is C38H43NO8. The molecule has 0 spiro atoms. The molecule has 8 atom stereocenters. The number of carbonyl (C=O) groups is 5. The van der Waals surface area contributed by atoms with Crippen molar-refractivity contribution in [2.24, 2.45) is 35.0 Å². The van der Waals surface area contributed by atoms with Crippen molar-refractivity contribution in [2.75, 3.05) is 0 Å². The van der Waals surface area contributed by atoms with Gasteiger partial charge in [0.05, 0.1) is 11.5 Å². The summed E-state index contributed by atoms with van der Waals surface area (Å²) in [5.41, 5.74) is -0.578. The molecule has 2 aromatic rings. The highest BCUT2D eigenvalue weighted by molar-refractivity contribution is 6.03. The molecule has 9 heteroatoms. The first kappa shape index (κ1) is 33.9. The van der Waals surface area contributed by atoms with Crippen LogP contribution in [0.3, 0.4) is 0 Å². The highest BCUT2D eigenvalue weighted by Gasteiger charge is 2.65. The minimum absolute atomic E-state index is 0.00162. The highest BCUT2D eigenvalue weighted by atomic mass is 16.6. The number of pyridine rings is 1. The average Bonchev–Trinajstić information content (AvgIpc) is 3.41. The fourth-order valence-corrected chi connectivity index (χ4v) is 8.05. The number of esters is 3. The van der Waals surface area contributed by atoms with Crippen molar-refractivity contribution in [1.82, 2.24) is 4.98 Å². The van der Waals surface area contributed by atoms with Gasteiger partial charge in [-0.15, -0.1) is 0 Å². The van der Waals surface area contributed by atoms with Crippen LogP contribution >= 0.6 is 0 Å². The Balaban J connectivity index is 1.68. The molecule has 0 saturated heterocycles. The van der Waals surface area contributed by atoms with Crippen LogP contribution in [0.5, 0.6) is 0 Å². The van der Waals surface area contributed by atoms with Crippen molar-refractivity contribution in [3.05, 3.63) is 89.8 Å². The molecule has 3 aliphatic rings. The van der Waals surface area contributed by atoms with Crippen LogP contribution in [0.1, 0.15) is 81.5 Å². The second-order valence-electron chi connectivity index (χ2n) is 14.0. The maximum atomic E-state index is 14.7. The number of hydrogen-bond donors (Lipinski definition) is 0. The zero-order valence-electron chi connectivity index (χ0n) is 27.9. The van der Waals surface area contributed by atoms with Crippen molar-refractivity contribution in [2.45, 2.75) is 78.6 Å². The monoisotopic (exact) mass is 641 g/mol. The number of Topliss-reactive ketones (excluding diaryl/α,β-unsaturated/α-hetero) is 2. The second-order valence-corrected chi connectivity index (χ2v) is 14.0. The molecule has 2 saturated carbocycles. The number of ketones is 2. The Labute approximate surface area is 275 Å². The predicted octanol–water partition coefficient (Wildman–Crippen LogP) is 6.13. The first-order valence-corrected chi connectivity index (χ1v) is 16.1. The van der Waals surface area contributed by atoms with E-state index >= 15 is 0 Å². The van der Waals surface area contributed by atoms with Gasteiger partial charge in [-0.3, -0.25) is 24.2 Å². The Morgan fingerprint density at radius 1 is 0.979 bits per heavy atom. The van der Waals surface area contributed by atoms with Gasteiger partial charge in [-0.05, 0) is 66.6 Å². The molecule has 8 unspecified atom stereocenters. The number of fused-ring (bicyclic) bond motifs is 2. The van der Waals surface area contributed by atoms with Crippen LogP contribution in [-0.4, -0.2) is 52.3 Å². The van der Waals surface area contributed by atoms with E-state index in [0.717, 1.165) is 0 Å². The topological polar surface area (TPSA) is 126 Å². The third-order valence-electron chi connectivity index (χ3n) is 10.5. The van der Waals surface area contributed by atoms with Gasteiger partial charge in [0.2, 0.25) is 5.78 Å². The number of allylic oxidation sites excluding steroid dienone is 1. The van der Waals surface area contributed by atoms with E-state index in [0.29, 0.717) is 17.6 Å². The molecule has 0 aliphatic heterocycles. The van der Waals surface area contributed by atoms with Gasteiger partial charge in [-0.2, -0.15) is 0 Å². The molecule has 248 valence electrons. The predicted molar refractivity (Wildman–Crippen MR) is 173 cm³/mol. The number of aromatic nitrogens is 1. The molecule has 1 aromatic heterocycles. The summed E-state index contributed by atoms with van der Waals surface area (Å²) in [4.78, 5) is 71.6. The zero-order valence-corrected chi connectivity index (χ0v) is 27.9. The molecule has 0 radical (unpaired) electrons. The lowest BCUT2D eigenvalue weighted by Crippen LogP contribution is -2.54. The minimum atomic E-state index is -1.77. The van der Waals surface area contributed by atoms with Gasteiger partial charge >= 0.3 is 17.9 Å². The van der Waals surface area contributed by atoms with Crippen LogP contribution in [0.4, 0.5) is 0 Å². The standard InChI is InChI=1S/C38H43NO8/c1-21-16-29-30(37(29,6)7)18-32(46-36(44)27-14-11-15-39-20-27)23(3)34(45-24(4)40)33-28(17-31(42)26-12-9-8-10-13-26)22(2)19-38(33,35(21)43)47-25(5)41/h8-16,20,22,28-30,32-34H,3,17-19H2,1-2,4-7H3. The summed E-state index contributed by atoms with van der Waals surface area (Å²) < 4.78 is 18.3. The maximum absolute atomic E-state index is 14.7. The van der Waals surface area contributed by atoms with Crippen LogP contribution in [0.25, 0.3) is 0 Å². The largest absolute Gasteiger partial charge is 0.457 e. The minimum Gasteiger partial charge on any atom is -0.457 e. The van der Waals surface area contributed by atoms with E-state index in [9.17, 15) is 24.0 Å². The van der Waals surface area contributed by atoms with E-state index in [4.69, 9.17) is 14.2 Å². The Morgan fingerprint density at radius 2 is 1.66 bits per heavy atom. The zero-order chi connectivity index (χ0) is 34.3. The fourth-order valence-electron chi connectivity index (χ4n) is 8.05. The number of ether oxygens (including phenoxy) is 3. The average molecular weight is 642 g/mol. The van der Waals surface area contributed by atoms with E-state index in [1.165, 1.54) is 20.0 Å². The number of hydrogen-bond acceptors (Lipinski definition) is 9.